The van der Waals surface area contributed by atoms with E-state index in [4.69, 9.17) is 12.2 Å². The molecular weight excluding hydrogens is 339 g/mol. The van der Waals surface area contributed by atoms with Gasteiger partial charge in [-0.05, 0) is 42.0 Å². The molecule has 1 amide bonds. The molecule has 1 aliphatic rings. The zero-order chi connectivity index (χ0) is 17.6. The molecule has 0 unspecified atom stereocenters. The van der Waals surface area contributed by atoms with Crippen LogP contribution in [0.3, 0.4) is 0 Å². The van der Waals surface area contributed by atoms with E-state index in [0.29, 0.717) is 35.8 Å². The van der Waals surface area contributed by atoms with Gasteiger partial charge >= 0.3 is 0 Å². The predicted molar refractivity (Wildman–Crippen MR) is 98.4 cm³/mol. The third-order valence-corrected chi connectivity index (χ3v) is 4.08. The van der Waals surface area contributed by atoms with E-state index in [1.54, 1.807) is 24.5 Å². The standard InChI is InChI=1S/C18H17FN4OS/c19-13-1-3-14(4-2-13)23-18(25)16-15(7-10-21-17(16)24)22-11-12-5-8-20-9-6-12/h1-6,8-9,22H,7,10-11H2,(H,21,24)(H,23,25). The Morgan fingerprint density at radius 3 is 2.64 bits per heavy atom. The summed E-state index contributed by atoms with van der Waals surface area (Å²) >= 11 is 5.40. The van der Waals surface area contributed by atoms with Gasteiger partial charge in [0.05, 0.1) is 5.57 Å². The van der Waals surface area contributed by atoms with Crippen LogP contribution >= 0.6 is 12.2 Å². The fourth-order valence-corrected chi connectivity index (χ4v) is 2.84. The Balaban J connectivity index is 1.77. The molecular formula is C18H17FN4OS. The van der Waals surface area contributed by atoms with Crippen LogP contribution in [0.1, 0.15) is 12.0 Å². The van der Waals surface area contributed by atoms with Crippen molar-refractivity contribution in [3.8, 4) is 0 Å². The van der Waals surface area contributed by atoms with Crippen molar-refractivity contribution in [2.75, 3.05) is 11.9 Å². The Kier molecular flexibility index (Phi) is 5.35. The number of rotatable bonds is 5. The van der Waals surface area contributed by atoms with Crippen LogP contribution in [0.5, 0.6) is 0 Å². The van der Waals surface area contributed by atoms with E-state index in [1.165, 1.54) is 12.1 Å². The molecule has 0 radical (unpaired) electrons. The first-order valence-electron chi connectivity index (χ1n) is 7.84. The van der Waals surface area contributed by atoms with Crippen molar-refractivity contribution in [2.45, 2.75) is 13.0 Å². The smallest absolute Gasteiger partial charge is 0.256 e. The molecule has 25 heavy (non-hydrogen) atoms. The van der Waals surface area contributed by atoms with Crippen LogP contribution in [0.25, 0.3) is 0 Å². The highest BCUT2D eigenvalue weighted by atomic mass is 32.1. The van der Waals surface area contributed by atoms with Crippen molar-refractivity contribution in [2.24, 2.45) is 0 Å². The Bertz CT molecular complexity index is 806. The van der Waals surface area contributed by atoms with Crippen molar-refractivity contribution in [1.29, 1.82) is 0 Å². The fourth-order valence-electron chi connectivity index (χ4n) is 2.50. The van der Waals surface area contributed by atoms with Gasteiger partial charge < -0.3 is 16.0 Å². The van der Waals surface area contributed by atoms with Gasteiger partial charge in [-0.25, -0.2) is 4.39 Å². The van der Waals surface area contributed by atoms with Crippen LogP contribution in [0.15, 0.2) is 60.1 Å². The fraction of sp³-hybridized carbons (Fsp3) is 0.167. The number of carbonyl (C=O) groups excluding carboxylic acids is 1. The van der Waals surface area contributed by atoms with Crippen LogP contribution in [0.2, 0.25) is 0 Å². The van der Waals surface area contributed by atoms with Crippen LogP contribution < -0.4 is 16.0 Å². The second-order valence-electron chi connectivity index (χ2n) is 5.53. The minimum atomic E-state index is -0.328. The van der Waals surface area contributed by atoms with Crippen LogP contribution in [-0.2, 0) is 11.3 Å². The van der Waals surface area contributed by atoms with Crippen LogP contribution in [-0.4, -0.2) is 22.4 Å². The molecule has 7 heteroatoms. The predicted octanol–water partition coefficient (Wildman–Crippen LogP) is 2.52. The number of hydrogen-bond donors (Lipinski definition) is 3. The van der Waals surface area contributed by atoms with E-state index in [-0.39, 0.29) is 11.7 Å². The Morgan fingerprint density at radius 1 is 1.20 bits per heavy atom. The van der Waals surface area contributed by atoms with Gasteiger partial charge in [0.15, 0.2) is 0 Å². The van der Waals surface area contributed by atoms with Gasteiger partial charge in [-0.2, -0.15) is 0 Å². The number of anilines is 1. The molecule has 0 fully saturated rings. The number of nitrogens with zero attached hydrogens (tertiary/aromatic N) is 1. The first kappa shape index (κ1) is 17.0. The van der Waals surface area contributed by atoms with E-state index >= 15 is 0 Å². The van der Waals surface area contributed by atoms with Gasteiger partial charge in [-0.1, -0.05) is 12.2 Å². The summed E-state index contributed by atoms with van der Waals surface area (Å²) in [5.41, 5.74) is 2.90. The quantitative estimate of drug-likeness (QED) is 0.719. The third kappa shape index (κ3) is 4.39. The number of benzene rings is 1. The maximum atomic E-state index is 13.0. The van der Waals surface area contributed by atoms with Crippen LogP contribution in [0.4, 0.5) is 10.1 Å². The topological polar surface area (TPSA) is 66.0 Å². The van der Waals surface area contributed by atoms with E-state index in [9.17, 15) is 9.18 Å². The van der Waals surface area contributed by atoms with E-state index in [2.05, 4.69) is 20.9 Å². The number of aromatic nitrogens is 1. The van der Waals surface area contributed by atoms with Gasteiger partial charge in [0.2, 0.25) is 0 Å². The highest BCUT2D eigenvalue weighted by Crippen LogP contribution is 2.17. The number of amides is 1. The number of pyridine rings is 1. The Hall–Kier alpha value is -2.80. The third-order valence-electron chi connectivity index (χ3n) is 3.77. The van der Waals surface area contributed by atoms with Gasteiger partial charge in [0.25, 0.3) is 5.91 Å². The zero-order valence-corrected chi connectivity index (χ0v) is 14.2. The zero-order valence-electron chi connectivity index (χ0n) is 13.4. The van der Waals surface area contributed by atoms with Crippen LogP contribution in [0, 0.1) is 5.82 Å². The lowest BCUT2D eigenvalue weighted by molar-refractivity contribution is -0.117. The summed E-state index contributed by atoms with van der Waals surface area (Å²) in [6.07, 6.45) is 4.11. The van der Waals surface area contributed by atoms with Crippen molar-refractivity contribution < 1.29 is 9.18 Å². The van der Waals surface area contributed by atoms with E-state index < -0.39 is 0 Å². The maximum absolute atomic E-state index is 13.0. The minimum absolute atomic E-state index is 0.219. The molecule has 2 heterocycles. The molecule has 5 nitrogen and oxygen atoms in total. The number of nitrogens with one attached hydrogen (secondary N) is 3. The highest BCUT2D eigenvalue weighted by molar-refractivity contribution is 7.81. The Labute approximate surface area is 150 Å². The lowest BCUT2D eigenvalue weighted by atomic mass is 10.1. The van der Waals surface area contributed by atoms with E-state index in [0.717, 1.165) is 11.3 Å². The summed E-state index contributed by atoms with van der Waals surface area (Å²) in [4.78, 5) is 16.6. The van der Waals surface area contributed by atoms with Gasteiger partial charge in [-0.3, -0.25) is 9.78 Å². The second-order valence-corrected chi connectivity index (χ2v) is 5.94. The molecule has 0 saturated heterocycles. The van der Waals surface area contributed by atoms with Crippen molar-refractivity contribution >= 4 is 28.8 Å². The average Bonchev–Trinajstić information content (AvgIpc) is 2.62. The molecule has 0 bridgehead atoms. The summed E-state index contributed by atoms with van der Waals surface area (Å²) in [6, 6.07) is 9.64. The van der Waals surface area contributed by atoms with Crippen molar-refractivity contribution in [3.63, 3.8) is 0 Å². The molecule has 2 aromatic rings. The SMILES string of the molecule is O=C1NCCC(NCc2ccncc2)=C1C(=S)Nc1ccc(F)cc1. The number of thiocarbonyl (C=S) groups is 1. The molecule has 0 spiro atoms. The van der Waals surface area contributed by atoms with Crippen molar-refractivity contribution in [3.05, 3.63) is 71.4 Å². The van der Waals surface area contributed by atoms with E-state index in [1.807, 2.05) is 12.1 Å². The summed E-state index contributed by atoms with van der Waals surface area (Å²) in [5.74, 6) is -0.547. The summed E-state index contributed by atoms with van der Waals surface area (Å²) in [6.45, 7) is 1.13. The van der Waals surface area contributed by atoms with Gasteiger partial charge in [0.1, 0.15) is 10.8 Å². The molecule has 1 aliphatic heterocycles. The number of hydrogen-bond acceptors (Lipinski definition) is 4. The normalized spacial score (nSPS) is 14.0. The monoisotopic (exact) mass is 356 g/mol. The van der Waals surface area contributed by atoms with Gasteiger partial charge in [-0.15, -0.1) is 0 Å². The summed E-state index contributed by atoms with van der Waals surface area (Å²) < 4.78 is 13.0. The summed E-state index contributed by atoms with van der Waals surface area (Å²) in [7, 11) is 0. The first-order chi connectivity index (χ1) is 12.1. The molecule has 1 aromatic carbocycles. The molecule has 1 aromatic heterocycles. The molecule has 3 N–H and O–H groups in total. The summed E-state index contributed by atoms with van der Waals surface area (Å²) in [5, 5.41) is 9.09. The largest absolute Gasteiger partial charge is 0.383 e. The highest BCUT2D eigenvalue weighted by Gasteiger charge is 2.24. The first-order valence-corrected chi connectivity index (χ1v) is 8.25. The maximum Gasteiger partial charge on any atom is 0.256 e. The molecule has 128 valence electrons. The second kappa shape index (κ2) is 7.85. The lowest BCUT2D eigenvalue weighted by Gasteiger charge is -2.23. The number of carbonyl (C=O) groups is 1. The van der Waals surface area contributed by atoms with Crippen molar-refractivity contribution in [1.82, 2.24) is 15.6 Å². The molecule has 3 rings (SSSR count). The lowest BCUT2D eigenvalue weighted by Crippen LogP contribution is -2.39. The molecule has 0 saturated carbocycles. The number of halogens is 1. The van der Waals surface area contributed by atoms with Gasteiger partial charge in [0, 0.05) is 43.3 Å². The molecule has 0 atom stereocenters. The molecule has 0 aliphatic carbocycles. The minimum Gasteiger partial charge on any atom is -0.383 e. The Morgan fingerprint density at radius 2 is 1.92 bits per heavy atom. The average molecular weight is 356 g/mol.